The lowest BCUT2D eigenvalue weighted by Gasteiger charge is -2.29. The first-order valence-electron chi connectivity index (χ1n) is 8.68. The predicted octanol–water partition coefficient (Wildman–Crippen LogP) is 2.73. The molecule has 2 aromatic rings. The van der Waals surface area contributed by atoms with E-state index in [4.69, 9.17) is 11.3 Å². The summed E-state index contributed by atoms with van der Waals surface area (Å²) in [6, 6.07) is 4.41. The lowest BCUT2D eigenvalue weighted by atomic mass is 9.93. The average molecular weight is 379 g/mol. The van der Waals surface area contributed by atoms with Crippen LogP contribution >= 0.6 is 0 Å². The number of hydrogen-bond acceptors (Lipinski definition) is 6. The summed E-state index contributed by atoms with van der Waals surface area (Å²) in [5, 5.41) is 16.2. The van der Waals surface area contributed by atoms with Crippen molar-refractivity contribution in [3.05, 3.63) is 47.6 Å². The Hall–Kier alpha value is -3.60. The van der Waals surface area contributed by atoms with Gasteiger partial charge >= 0.3 is 0 Å². The number of phenols is 1. The SMILES string of the molecule is [C-]#[N+]c1ccc(O)c(C(=O)NC2=NCC(C)(C)CN2)c1-c1cnccc1OC. The van der Waals surface area contributed by atoms with Crippen LogP contribution < -0.4 is 15.4 Å². The van der Waals surface area contributed by atoms with Crippen molar-refractivity contribution in [3.8, 4) is 22.6 Å². The van der Waals surface area contributed by atoms with Crippen LogP contribution in [0.1, 0.15) is 24.2 Å². The summed E-state index contributed by atoms with van der Waals surface area (Å²) in [7, 11) is 1.49. The molecule has 0 unspecified atom stereocenters. The number of amides is 1. The van der Waals surface area contributed by atoms with Crippen LogP contribution in [0.2, 0.25) is 0 Å². The summed E-state index contributed by atoms with van der Waals surface area (Å²) >= 11 is 0. The largest absolute Gasteiger partial charge is 0.507 e. The van der Waals surface area contributed by atoms with E-state index in [2.05, 4.69) is 39.3 Å². The van der Waals surface area contributed by atoms with Crippen molar-refractivity contribution in [2.75, 3.05) is 20.2 Å². The number of pyridine rings is 1. The number of benzene rings is 1. The summed E-state index contributed by atoms with van der Waals surface area (Å²) in [6.45, 7) is 12.8. The third-order valence-electron chi connectivity index (χ3n) is 4.41. The van der Waals surface area contributed by atoms with Crippen LogP contribution in [0.15, 0.2) is 35.6 Å². The minimum absolute atomic E-state index is 0.00534. The van der Waals surface area contributed by atoms with Gasteiger partial charge < -0.3 is 15.2 Å². The van der Waals surface area contributed by atoms with Crippen LogP contribution in [0.5, 0.6) is 11.5 Å². The van der Waals surface area contributed by atoms with Crippen molar-refractivity contribution in [2.45, 2.75) is 13.8 Å². The molecular weight excluding hydrogens is 358 g/mol. The maximum absolute atomic E-state index is 13.0. The Bertz CT molecular complexity index is 992. The van der Waals surface area contributed by atoms with Crippen LogP contribution in [-0.4, -0.2) is 42.2 Å². The molecule has 8 heteroatoms. The highest BCUT2D eigenvalue weighted by Crippen LogP contribution is 2.42. The Morgan fingerprint density at radius 3 is 2.82 bits per heavy atom. The molecule has 1 amide bonds. The van der Waals surface area contributed by atoms with Crippen molar-refractivity contribution >= 4 is 17.6 Å². The minimum atomic E-state index is -0.574. The van der Waals surface area contributed by atoms with Gasteiger partial charge in [0.25, 0.3) is 5.91 Å². The molecule has 3 N–H and O–H groups in total. The standard InChI is InChI=1S/C20H21N5O3/c1-20(2)10-23-19(24-11-20)25-18(27)17-14(26)6-5-13(21-3)16(17)12-9-22-8-7-15(12)28-4/h5-9,26H,10-11H2,1-2,4H3,(H2,23,24,25,27). The third-order valence-corrected chi connectivity index (χ3v) is 4.41. The Morgan fingerprint density at radius 1 is 1.39 bits per heavy atom. The second-order valence-electron chi connectivity index (χ2n) is 7.18. The first-order chi connectivity index (χ1) is 13.4. The number of guanidine groups is 1. The number of aromatic nitrogens is 1. The number of methoxy groups -OCH3 is 1. The van der Waals surface area contributed by atoms with E-state index in [1.54, 1.807) is 12.3 Å². The average Bonchev–Trinajstić information content (AvgIpc) is 2.69. The molecule has 0 aliphatic carbocycles. The van der Waals surface area contributed by atoms with Crippen molar-refractivity contribution in [3.63, 3.8) is 0 Å². The van der Waals surface area contributed by atoms with E-state index < -0.39 is 5.91 Å². The number of phenolic OH excluding ortho intramolecular Hbond substituents is 1. The topological polar surface area (TPSA) is 100 Å². The molecule has 3 rings (SSSR count). The number of hydrogen-bond donors (Lipinski definition) is 3. The van der Waals surface area contributed by atoms with Gasteiger partial charge in [-0.25, -0.2) is 4.85 Å². The Balaban J connectivity index is 2.07. The lowest BCUT2D eigenvalue weighted by molar-refractivity contribution is 0.0973. The summed E-state index contributed by atoms with van der Waals surface area (Å²) in [5.74, 6) is -0.0483. The molecule has 0 fully saturated rings. The summed E-state index contributed by atoms with van der Waals surface area (Å²) < 4.78 is 5.35. The van der Waals surface area contributed by atoms with Gasteiger partial charge in [-0.05, 0) is 12.1 Å². The van der Waals surface area contributed by atoms with E-state index in [1.807, 2.05) is 0 Å². The van der Waals surface area contributed by atoms with E-state index in [-0.39, 0.29) is 28.0 Å². The highest BCUT2D eigenvalue weighted by atomic mass is 16.5. The van der Waals surface area contributed by atoms with Gasteiger partial charge in [0.1, 0.15) is 11.5 Å². The number of nitrogens with one attached hydrogen (secondary N) is 2. The maximum Gasteiger partial charge on any atom is 0.261 e. The molecule has 2 heterocycles. The van der Waals surface area contributed by atoms with Crippen molar-refractivity contribution in [1.82, 2.24) is 15.6 Å². The molecule has 0 saturated carbocycles. The Labute approximate surface area is 163 Å². The molecule has 1 aromatic carbocycles. The van der Waals surface area contributed by atoms with Gasteiger partial charge in [-0.2, -0.15) is 0 Å². The maximum atomic E-state index is 13.0. The van der Waals surface area contributed by atoms with Gasteiger partial charge in [-0.1, -0.05) is 19.9 Å². The number of ether oxygens (including phenoxy) is 1. The zero-order valence-electron chi connectivity index (χ0n) is 15.9. The van der Waals surface area contributed by atoms with Gasteiger partial charge in [0.2, 0.25) is 0 Å². The van der Waals surface area contributed by atoms with Gasteiger partial charge in [0.05, 0.1) is 19.2 Å². The molecule has 1 aliphatic heterocycles. The van der Waals surface area contributed by atoms with Crippen molar-refractivity contribution in [1.29, 1.82) is 0 Å². The molecule has 0 radical (unpaired) electrons. The fourth-order valence-corrected chi connectivity index (χ4v) is 2.91. The van der Waals surface area contributed by atoms with Crippen LogP contribution in [0.4, 0.5) is 5.69 Å². The van der Waals surface area contributed by atoms with E-state index in [0.29, 0.717) is 30.4 Å². The Morgan fingerprint density at radius 2 is 2.18 bits per heavy atom. The summed E-state index contributed by atoms with van der Waals surface area (Å²) in [4.78, 5) is 24.9. The molecule has 8 nitrogen and oxygen atoms in total. The lowest BCUT2D eigenvalue weighted by Crippen LogP contribution is -2.49. The number of nitrogens with zero attached hydrogens (tertiary/aromatic N) is 3. The number of aromatic hydroxyl groups is 1. The van der Waals surface area contributed by atoms with E-state index in [1.165, 1.54) is 25.4 Å². The van der Waals surface area contributed by atoms with Gasteiger partial charge in [0, 0.05) is 42.0 Å². The molecule has 0 saturated heterocycles. The normalized spacial score (nSPS) is 15.0. The van der Waals surface area contributed by atoms with E-state index >= 15 is 0 Å². The fourth-order valence-electron chi connectivity index (χ4n) is 2.91. The summed E-state index contributed by atoms with van der Waals surface area (Å²) in [5.41, 5.74) is 0.864. The molecule has 144 valence electrons. The van der Waals surface area contributed by atoms with Crippen LogP contribution in [-0.2, 0) is 0 Å². The highest BCUT2D eigenvalue weighted by molar-refractivity contribution is 6.13. The van der Waals surface area contributed by atoms with Crippen molar-refractivity contribution < 1.29 is 14.6 Å². The van der Waals surface area contributed by atoms with E-state index in [0.717, 1.165) is 0 Å². The first kappa shape index (κ1) is 19.2. The second kappa shape index (κ2) is 7.56. The quantitative estimate of drug-likeness (QED) is 0.712. The third kappa shape index (κ3) is 3.74. The molecule has 0 atom stereocenters. The summed E-state index contributed by atoms with van der Waals surface area (Å²) in [6.07, 6.45) is 3.04. The van der Waals surface area contributed by atoms with Crippen LogP contribution in [0.25, 0.3) is 16.0 Å². The fraction of sp³-hybridized carbons (Fsp3) is 0.300. The number of aliphatic imine (C=N–C) groups is 1. The van der Waals surface area contributed by atoms with Crippen LogP contribution in [0.3, 0.4) is 0 Å². The zero-order valence-corrected chi connectivity index (χ0v) is 15.9. The molecule has 1 aromatic heterocycles. The monoisotopic (exact) mass is 379 g/mol. The Kier molecular flexibility index (Phi) is 5.18. The van der Waals surface area contributed by atoms with Gasteiger partial charge in [0.15, 0.2) is 11.6 Å². The second-order valence-corrected chi connectivity index (χ2v) is 7.18. The first-order valence-corrected chi connectivity index (χ1v) is 8.68. The van der Waals surface area contributed by atoms with Gasteiger partial charge in [-0.15, -0.1) is 0 Å². The number of carbonyl (C=O) groups excluding carboxylic acids is 1. The highest BCUT2D eigenvalue weighted by Gasteiger charge is 2.27. The molecule has 1 aliphatic rings. The minimum Gasteiger partial charge on any atom is -0.507 e. The molecule has 0 bridgehead atoms. The van der Waals surface area contributed by atoms with Crippen molar-refractivity contribution in [2.24, 2.45) is 10.4 Å². The zero-order chi connectivity index (χ0) is 20.3. The van der Waals surface area contributed by atoms with Crippen LogP contribution in [0, 0.1) is 12.0 Å². The number of rotatable bonds is 3. The van der Waals surface area contributed by atoms with Gasteiger partial charge in [-0.3, -0.25) is 20.1 Å². The molecule has 28 heavy (non-hydrogen) atoms. The molecular formula is C20H21N5O3. The number of carbonyl (C=O) groups is 1. The smallest absolute Gasteiger partial charge is 0.261 e. The molecule has 0 spiro atoms. The van der Waals surface area contributed by atoms with E-state index in [9.17, 15) is 9.90 Å². The predicted molar refractivity (Wildman–Crippen MR) is 106 cm³/mol.